The van der Waals surface area contributed by atoms with Crippen molar-refractivity contribution in [3.05, 3.63) is 56.3 Å². The lowest BCUT2D eigenvalue weighted by atomic mass is 10.1. The molecular formula is C15H15N3O4S. The van der Waals surface area contributed by atoms with E-state index < -0.39 is 10.8 Å². The molecule has 120 valence electrons. The van der Waals surface area contributed by atoms with Crippen LogP contribution in [-0.4, -0.2) is 35.4 Å². The average Bonchev–Trinajstić information content (AvgIpc) is 3.08. The predicted octanol–water partition coefficient (Wildman–Crippen LogP) is 2.45. The zero-order valence-electron chi connectivity index (χ0n) is 12.2. The molecule has 0 aliphatic carbocycles. The minimum atomic E-state index is -0.583. The van der Waals surface area contributed by atoms with Gasteiger partial charge in [0.25, 0.3) is 11.6 Å². The van der Waals surface area contributed by atoms with Gasteiger partial charge in [-0.2, -0.15) is 0 Å². The van der Waals surface area contributed by atoms with Crippen molar-refractivity contribution in [1.82, 2.24) is 4.90 Å². The normalized spacial score (nSPS) is 17.9. The highest BCUT2D eigenvalue weighted by atomic mass is 32.1. The summed E-state index contributed by atoms with van der Waals surface area (Å²) >= 11 is 1.55. The lowest BCUT2D eigenvalue weighted by molar-refractivity contribution is -0.385. The fourth-order valence-corrected chi connectivity index (χ4v) is 3.35. The van der Waals surface area contributed by atoms with Crippen molar-refractivity contribution in [2.24, 2.45) is 0 Å². The third-order valence-electron chi connectivity index (χ3n) is 3.70. The van der Waals surface area contributed by atoms with E-state index in [1.165, 1.54) is 18.2 Å². The number of nitrogens with zero attached hydrogens (tertiary/aromatic N) is 2. The second-order valence-corrected chi connectivity index (χ2v) is 6.10. The van der Waals surface area contributed by atoms with E-state index in [2.05, 4.69) is 0 Å². The minimum Gasteiger partial charge on any atom is -0.398 e. The molecule has 1 atom stereocenters. The Hall–Kier alpha value is -2.45. The van der Waals surface area contributed by atoms with E-state index in [1.807, 2.05) is 17.5 Å². The van der Waals surface area contributed by atoms with Crippen molar-refractivity contribution < 1.29 is 14.5 Å². The third-order valence-corrected chi connectivity index (χ3v) is 4.66. The molecule has 0 radical (unpaired) electrons. The molecular weight excluding hydrogens is 318 g/mol. The Morgan fingerprint density at radius 2 is 2.22 bits per heavy atom. The molecule has 1 aliphatic rings. The monoisotopic (exact) mass is 333 g/mol. The number of nitro benzene ring substituents is 1. The molecule has 1 saturated heterocycles. The summed E-state index contributed by atoms with van der Waals surface area (Å²) in [5.74, 6) is -0.431. The van der Waals surface area contributed by atoms with Gasteiger partial charge in [-0.15, -0.1) is 11.3 Å². The van der Waals surface area contributed by atoms with Crippen LogP contribution in [0.3, 0.4) is 0 Å². The lowest BCUT2D eigenvalue weighted by Gasteiger charge is -2.32. The number of amides is 1. The molecule has 1 aromatic carbocycles. The maximum Gasteiger partial charge on any atom is 0.284 e. The summed E-state index contributed by atoms with van der Waals surface area (Å²) in [4.78, 5) is 25.9. The number of ether oxygens (including phenoxy) is 1. The Balaban J connectivity index is 1.87. The highest BCUT2D eigenvalue weighted by Crippen LogP contribution is 2.30. The summed E-state index contributed by atoms with van der Waals surface area (Å²) in [7, 11) is 0. The molecule has 7 nitrogen and oxygen atoms in total. The first-order valence-electron chi connectivity index (χ1n) is 7.05. The first kappa shape index (κ1) is 15.4. The number of thiophene rings is 1. The molecule has 0 bridgehead atoms. The van der Waals surface area contributed by atoms with Crippen LogP contribution in [0.5, 0.6) is 0 Å². The number of nitro groups is 1. The van der Waals surface area contributed by atoms with Gasteiger partial charge in [-0.1, -0.05) is 12.1 Å². The van der Waals surface area contributed by atoms with E-state index in [4.69, 9.17) is 10.5 Å². The van der Waals surface area contributed by atoms with Crippen LogP contribution in [0.2, 0.25) is 0 Å². The summed E-state index contributed by atoms with van der Waals surface area (Å²) in [6.45, 7) is 1.12. The molecule has 1 fully saturated rings. The number of carbonyl (C=O) groups is 1. The molecule has 2 heterocycles. The van der Waals surface area contributed by atoms with Crippen LogP contribution in [0.4, 0.5) is 11.4 Å². The Morgan fingerprint density at radius 1 is 1.39 bits per heavy atom. The van der Waals surface area contributed by atoms with Crippen LogP contribution < -0.4 is 5.73 Å². The van der Waals surface area contributed by atoms with Crippen molar-refractivity contribution in [1.29, 1.82) is 0 Å². The fourth-order valence-electron chi connectivity index (χ4n) is 2.58. The topological polar surface area (TPSA) is 98.7 Å². The Labute approximate surface area is 136 Å². The number of carbonyl (C=O) groups excluding carboxylic acids is 1. The largest absolute Gasteiger partial charge is 0.398 e. The molecule has 1 aromatic heterocycles. The smallest absolute Gasteiger partial charge is 0.284 e. The van der Waals surface area contributed by atoms with Crippen LogP contribution in [0, 0.1) is 10.1 Å². The van der Waals surface area contributed by atoms with Crippen molar-refractivity contribution in [2.45, 2.75) is 6.10 Å². The van der Waals surface area contributed by atoms with E-state index in [-0.39, 0.29) is 23.0 Å². The quantitative estimate of drug-likeness (QED) is 0.528. The Bertz CT molecular complexity index is 732. The van der Waals surface area contributed by atoms with Crippen molar-refractivity contribution >= 4 is 28.6 Å². The summed E-state index contributed by atoms with van der Waals surface area (Å²) in [5.41, 5.74) is 5.61. The number of nitrogen functional groups attached to an aromatic ring is 1. The number of hydrogen-bond donors (Lipinski definition) is 1. The molecule has 0 saturated carbocycles. The van der Waals surface area contributed by atoms with Crippen LogP contribution in [0.1, 0.15) is 21.3 Å². The van der Waals surface area contributed by atoms with Crippen molar-refractivity contribution in [3.63, 3.8) is 0 Å². The van der Waals surface area contributed by atoms with E-state index in [9.17, 15) is 14.9 Å². The lowest BCUT2D eigenvalue weighted by Crippen LogP contribution is -2.42. The molecule has 2 N–H and O–H groups in total. The van der Waals surface area contributed by atoms with E-state index >= 15 is 0 Å². The Morgan fingerprint density at radius 3 is 2.91 bits per heavy atom. The van der Waals surface area contributed by atoms with Gasteiger partial charge >= 0.3 is 0 Å². The van der Waals surface area contributed by atoms with Gasteiger partial charge in [0.1, 0.15) is 11.7 Å². The molecule has 3 rings (SSSR count). The van der Waals surface area contributed by atoms with E-state index in [0.717, 1.165) is 4.88 Å². The maximum absolute atomic E-state index is 12.8. The summed E-state index contributed by atoms with van der Waals surface area (Å²) in [6.07, 6.45) is -0.211. The molecule has 23 heavy (non-hydrogen) atoms. The fraction of sp³-hybridized carbons (Fsp3) is 0.267. The minimum absolute atomic E-state index is 0.0515. The number of hydrogen-bond acceptors (Lipinski definition) is 6. The second-order valence-electron chi connectivity index (χ2n) is 5.12. The van der Waals surface area contributed by atoms with E-state index in [1.54, 1.807) is 16.2 Å². The van der Waals surface area contributed by atoms with Gasteiger partial charge in [0.15, 0.2) is 0 Å². The highest BCUT2D eigenvalue weighted by Gasteiger charge is 2.31. The Kier molecular flexibility index (Phi) is 4.26. The van der Waals surface area contributed by atoms with Crippen LogP contribution in [-0.2, 0) is 4.74 Å². The van der Waals surface area contributed by atoms with Crippen molar-refractivity contribution in [2.75, 3.05) is 25.4 Å². The van der Waals surface area contributed by atoms with E-state index in [0.29, 0.717) is 19.7 Å². The third kappa shape index (κ3) is 3.03. The SMILES string of the molecule is Nc1cccc([N+](=O)[O-])c1C(=O)N1CCO[C@@H](c2cccs2)C1. The highest BCUT2D eigenvalue weighted by molar-refractivity contribution is 7.10. The zero-order valence-corrected chi connectivity index (χ0v) is 13.0. The standard InChI is InChI=1S/C15H15N3O4S/c16-10-3-1-4-11(18(20)21)14(10)15(19)17-6-7-22-12(9-17)13-5-2-8-23-13/h1-5,8,12H,6-7,9,16H2/t12-/m1/s1. The summed E-state index contributed by atoms with van der Waals surface area (Å²) < 4.78 is 5.70. The number of nitrogens with two attached hydrogens (primary N) is 1. The second kappa shape index (κ2) is 6.35. The maximum atomic E-state index is 12.8. The van der Waals surface area contributed by atoms with Crippen LogP contribution in [0.25, 0.3) is 0 Å². The van der Waals surface area contributed by atoms with Gasteiger partial charge in [0.05, 0.1) is 23.8 Å². The first-order chi connectivity index (χ1) is 11.1. The predicted molar refractivity (Wildman–Crippen MR) is 86.4 cm³/mol. The molecule has 2 aromatic rings. The molecule has 0 unspecified atom stereocenters. The molecule has 1 amide bonds. The molecule has 8 heteroatoms. The van der Waals surface area contributed by atoms with Crippen molar-refractivity contribution in [3.8, 4) is 0 Å². The molecule has 0 spiro atoms. The number of morpholine rings is 1. The van der Waals surface area contributed by atoms with Gasteiger partial charge in [-0.05, 0) is 17.5 Å². The first-order valence-corrected chi connectivity index (χ1v) is 7.93. The van der Waals surface area contributed by atoms with Gasteiger partial charge in [0.2, 0.25) is 0 Å². The average molecular weight is 333 g/mol. The van der Waals surface area contributed by atoms with Gasteiger partial charge in [0, 0.05) is 17.5 Å². The number of rotatable bonds is 3. The van der Waals surface area contributed by atoms with Gasteiger partial charge in [-0.25, -0.2) is 0 Å². The van der Waals surface area contributed by atoms with Crippen LogP contribution in [0.15, 0.2) is 35.7 Å². The summed E-state index contributed by atoms with van der Waals surface area (Å²) in [6, 6.07) is 8.13. The van der Waals surface area contributed by atoms with Gasteiger partial charge < -0.3 is 15.4 Å². The molecule has 1 aliphatic heterocycles. The number of benzene rings is 1. The van der Waals surface area contributed by atoms with Crippen LogP contribution >= 0.6 is 11.3 Å². The summed E-state index contributed by atoms with van der Waals surface area (Å²) in [5, 5.41) is 13.1. The number of anilines is 1. The zero-order chi connectivity index (χ0) is 16.4. The van der Waals surface area contributed by atoms with Gasteiger partial charge in [-0.3, -0.25) is 14.9 Å².